The molecule has 0 bridgehead atoms. The number of ether oxygens (including phenoxy) is 2. The van der Waals surface area contributed by atoms with Crippen LogP contribution in [0.5, 0.6) is 11.5 Å². The number of rotatable bonds is 7. The van der Waals surface area contributed by atoms with E-state index in [4.69, 9.17) is 21.1 Å². The lowest BCUT2D eigenvalue weighted by molar-refractivity contribution is -0.121. The molecule has 1 aliphatic rings. The van der Waals surface area contributed by atoms with Crippen LogP contribution in [0.3, 0.4) is 0 Å². The molecule has 0 aliphatic carbocycles. The number of likely N-dealkylation sites (N-methyl/N-ethyl adjacent to an activating group) is 1. The lowest BCUT2D eigenvalue weighted by atomic mass is 9.80. The van der Waals surface area contributed by atoms with Crippen LogP contribution in [-0.4, -0.2) is 44.5 Å². The van der Waals surface area contributed by atoms with E-state index in [1.807, 2.05) is 40.6 Å². The van der Waals surface area contributed by atoms with Crippen molar-refractivity contribution in [3.63, 3.8) is 0 Å². The van der Waals surface area contributed by atoms with Crippen LogP contribution in [0.25, 0.3) is 0 Å². The third-order valence-electron chi connectivity index (χ3n) is 6.25. The minimum absolute atomic E-state index is 0.0514. The van der Waals surface area contributed by atoms with Gasteiger partial charge in [0.2, 0.25) is 5.91 Å². The van der Waals surface area contributed by atoms with Gasteiger partial charge in [-0.2, -0.15) is 0 Å². The molecular weight excluding hydrogens is 484 g/mol. The zero-order chi connectivity index (χ0) is 25.3. The molecule has 2 heterocycles. The van der Waals surface area contributed by atoms with Crippen molar-refractivity contribution in [2.45, 2.75) is 25.8 Å². The molecule has 0 saturated heterocycles. The van der Waals surface area contributed by atoms with Gasteiger partial charge in [-0.3, -0.25) is 9.59 Å². The molecule has 184 valence electrons. The Morgan fingerprint density at radius 3 is 2.46 bits per heavy atom. The second-order valence-electron chi connectivity index (χ2n) is 8.93. The number of anilines is 1. The molecule has 8 heteroatoms. The molecule has 2 amide bonds. The summed E-state index contributed by atoms with van der Waals surface area (Å²) in [5.74, 6) is 0.355. The summed E-state index contributed by atoms with van der Waals surface area (Å²) in [4.78, 5) is 32.3. The van der Waals surface area contributed by atoms with Crippen LogP contribution in [0, 0.1) is 5.92 Å². The van der Waals surface area contributed by atoms with Gasteiger partial charge in [0.05, 0.1) is 36.9 Å². The first-order valence-corrected chi connectivity index (χ1v) is 12.7. The Morgan fingerprint density at radius 2 is 1.83 bits per heavy atom. The first-order chi connectivity index (χ1) is 16.8. The van der Waals surface area contributed by atoms with Crippen molar-refractivity contribution in [1.82, 2.24) is 4.90 Å². The molecule has 35 heavy (non-hydrogen) atoms. The average Bonchev–Trinajstić information content (AvgIpc) is 3.39. The fourth-order valence-corrected chi connectivity index (χ4v) is 5.77. The molecule has 0 fully saturated rings. The topological polar surface area (TPSA) is 59.1 Å². The van der Waals surface area contributed by atoms with Gasteiger partial charge in [-0.05, 0) is 35.1 Å². The second-order valence-corrected chi connectivity index (χ2v) is 10.3. The van der Waals surface area contributed by atoms with E-state index in [0.29, 0.717) is 34.3 Å². The summed E-state index contributed by atoms with van der Waals surface area (Å²) in [5, 5.41) is 2.35. The largest absolute Gasteiger partial charge is 0.495 e. The molecule has 6 nitrogen and oxygen atoms in total. The molecular formula is C27H29ClN2O4S. The van der Waals surface area contributed by atoms with Crippen LogP contribution < -0.4 is 14.4 Å². The summed E-state index contributed by atoms with van der Waals surface area (Å²) in [6.45, 7) is 4.69. The van der Waals surface area contributed by atoms with Gasteiger partial charge in [0.1, 0.15) is 11.5 Å². The molecule has 0 N–H and O–H groups in total. The maximum Gasteiger partial charge on any atom is 0.254 e. The standard InChI is InChI=1S/C27H29ClN2O4S/c1-16(2)15-30-25(23-11-8-12-35-23)24(17-9-6-7-10-18(17)26(30)31)27(32)29(3)20-13-19(28)21(33-4)14-22(20)34-5/h6-14,16,24-25H,15H2,1-5H3/t24-,25+/m0/s1. The Labute approximate surface area is 215 Å². The van der Waals surface area contributed by atoms with Crippen molar-refractivity contribution in [2.24, 2.45) is 5.92 Å². The van der Waals surface area contributed by atoms with E-state index in [1.165, 1.54) is 14.2 Å². The fourth-order valence-electron chi connectivity index (χ4n) is 4.66. The first kappa shape index (κ1) is 25.1. The predicted octanol–water partition coefficient (Wildman–Crippen LogP) is 6.02. The van der Waals surface area contributed by atoms with Gasteiger partial charge in [-0.25, -0.2) is 0 Å². The molecule has 0 saturated carbocycles. The van der Waals surface area contributed by atoms with Gasteiger partial charge in [-0.15, -0.1) is 11.3 Å². The summed E-state index contributed by atoms with van der Waals surface area (Å²) in [6, 6.07) is 14.3. The van der Waals surface area contributed by atoms with Crippen LogP contribution in [0.4, 0.5) is 5.69 Å². The highest BCUT2D eigenvalue weighted by Crippen LogP contribution is 2.47. The van der Waals surface area contributed by atoms with Crippen molar-refractivity contribution in [3.05, 3.63) is 74.9 Å². The van der Waals surface area contributed by atoms with Crippen molar-refractivity contribution in [3.8, 4) is 11.5 Å². The first-order valence-electron chi connectivity index (χ1n) is 11.4. The van der Waals surface area contributed by atoms with E-state index in [-0.39, 0.29) is 17.7 Å². The van der Waals surface area contributed by atoms with Crippen LogP contribution in [0.15, 0.2) is 53.9 Å². The number of carbonyl (C=O) groups excluding carboxylic acids is 2. The number of nitrogens with zero attached hydrogens (tertiary/aromatic N) is 2. The number of thiophene rings is 1. The third kappa shape index (κ3) is 4.62. The number of hydrogen-bond donors (Lipinski definition) is 0. The van der Waals surface area contributed by atoms with E-state index >= 15 is 0 Å². The molecule has 4 rings (SSSR count). The van der Waals surface area contributed by atoms with Crippen molar-refractivity contribution < 1.29 is 19.1 Å². The van der Waals surface area contributed by atoms with Gasteiger partial charge >= 0.3 is 0 Å². The minimum Gasteiger partial charge on any atom is -0.495 e. The Balaban J connectivity index is 1.87. The molecule has 3 aromatic rings. The lowest BCUT2D eigenvalue weighted by Gasteiger charge is -2.43. The predicted molar refractivity (Wildman–Crippen MR) is 140 cm³/mol. The number of carbonyl (C=O) groups is 2. The highest BCUT2D eigenvalue weighted by atomic mass is 35.5. The molecule has 1 aliphatic heterocycles. The minimum atomic E-state index is -0.600. The Morgan fingerprint density at radius 1 is 1.11 bits per heavy atom. The summed E-state index contributed by atoms with van der Waals surface area (Å²) >= 11 is 7.97. The monoisotopic (exact) mass is 512 g/mol. The molecule has 0 radical (unpaired) electrons. The van der Waals surface area contributed by atoms with E-state index < -0.39 is 12.0 Å². The highest BCUT2D eigenvalue weighted by Gasteiger charge is 2.46. The molecule has 0 spiro atoms. The highest BCUT2D eigenvalue weighted by molar-refractivity contribution is 7.10. The molecule has 2 aromatic carbocycles. The van der Waals surface area contributed by atoms with Gasteiger partial charge in [0, 0.05) is 30.1 Å². The molecule has 2 atom stereocenters. The van der Waals surface area contributed by atoms with Gasteiger partial charge in [0.15, 0.2) is 0 Å². The maximum atomic E-state index is 14.3. The summed E-state index contributed by atoms with van der Waals surface area (Å²) < 4.78 is 10.9. The number of methoxy groups -OCH3 is 2. The van der Waals surface area contributed by atoms with Crippen molar-refractivity contribution in [1.29, 1.82) is 0 Å². The van der Waals surface area contributed by atoms with Crippen LogP contribution in [0.2, 0.25) is 5.02 Å². The zero-order valence-corrected chi connectivity index (χ0v) is 22.0. The molecule has 0 unspecified atom stereocenters. The summed E-state index contributed by atoms with van der Waals surface area (Å²) in [5.41, 5.74) is 1.82. The van der Waals surface area contributed by atoms with E-state index in [1.54, 1.807) is 41.5 Å². The Bertz CT molecular complexity index is 1230. The summed E-state index contributed by atoms with van der Waals surface area (Å²) in [6.07, 6.45) is 0. The van der Waals surface area contributed by atoms with E-state index in [9.17, 15) is 9.59 Å². The van der Waals surface area contributed by atoms with Crippen LogP contribution in [0.1, 0.15) is 46.6 Å². The fraction of sp³-hybridized carbons (Fsp3) is 0.333. The van der Waals surface area contributed by atoms with Gasteiger partial charge < -0.3 is 19.3 Å². The number of amides is 2. The van der Waals surface area contributed by atoms with Crippen LogP contribution >= 0.6 is 22.9 Å². The van der Waals surface area contributed by atoms with Gasteiger partial charge in [-0.1, -0.05) is 49.7 Å². The lowest BCUT2D eigenvalue weighted by Crippen LogP contribution is -2.48. The van der Waals surface area contributed by atoms with E-state index in [2.05, 4.69) is 13.8 Å². The number of hydrogen-bond acceptors (Lipinski definition) is 5. The van der Waals surface area contributed by atoms with Gasteiger partial charge in [0.25, 0.3) is 5.91 Å². The number of benzene rings is 2. The SMILES string of the molecule is COc1cc(OC)c(N(C)C(=O)[C@H]2c3ccccc3C(=O)N(CC(C)C)[C@@H]2c2cccs2)cc1Cl. The second kappa shape index (κ2) is 10.3. The number of halogens is 1. The van der Waals surface area contributed by atoms with E-state index in [0.717, 1.165) is 10.4 Å². The van der Waals surface area contributed by atoms with Crippen molar-refractivity contribution in [2.75, 3.05) is 32.7 Å². The maximum absolute atomic E-state index is 14.3. The van der Waals surface area contributed by atoms with Crippen LogP contribution in [-0.2, 0) is 4.79 Å². The number of fused-ring (bicyclic) bond motifs is 1. The zero-order valence-electron chi connectivity index (χ0n) is 20.4. The quantitative estimate of drug-likeness (QED) is 0.388. The van der Waals surface area contributed by atoms with Crippen molar-refractivity contribution >= 4 is 40.4 Å². The Kier molecular flexibility index (Phi) is 7.38. The average molecular weight is 513 g/mol. The normalized spacial score (nSPS) is 17.3. The third-order valence-corrected chi connectivity index (χ3v) is 7.48. The Hall–Kier alpha value is -3.03. The smallest absolute Gasteiger partial charge is 0.254 e. The molecule has 1 aromatic heterocycles. The summed E-state index contributed by atoms with van der Waals surface area (Å²) in [7, 11) is 4.78.